The first-order valence-electron chi connectivity index (χ1n) is 11.2. The first-order chi connectivity index (χ1) is 14.5. The monoisotopic (exact) mass is 411 g/mol. The molecule has 7 heteroatoms. The van der Waals surface area contributed by atoms with Gasteiger partial charge in [-0.1, -0.05) is 13.3 Å². The van der Waals surface area contributed by atoms with E-state index in [0.717, 1.165) is 36.7 Å². The lowest BCUT2D eigenvalue weighted by Gasteiger charge is -2.47. The van der Waals surface area contributed by atoms with Crippen LogP contribution in [0.4, 0.5) is 0 Å². The predicted molar refractivity (Wildman–Crippen MR) is 110 cm³/mol. The summed E-state index contributed by atoms with van der Waals surface area (Å²) in [5.41, 5.74) is 1.52. The van der Waals surface area contributed by atoms with E-state index in [4.69, 9.17) is 4.74 Å². The summed E-state index contributed by atoms with van der Waals surface area (Å²) in [7, 11) is 0. The van der Waals surface area contributed by atoms with E-state index in [2.05, 4.69) is 17.1 Å². The molecule has 3 atom stereocenters. The lowest BCUT2D eigenvalue weighted by Crippen LogP contribution is -2.57. The molecule has 0 radical (unpaired) electrons. The second kappa shape index (κ2) is 7.69. The van der Waals surface area contributed by atoms with Gasteiger partial charge in [0, 0.05) is 37.7 Å². The number of fused-ring (bicyclic) bond motifs is 1. The Bertz CT molecular complexity index is 879. The van der Waals surface area contributed by atoms with E-state index in [-0.39, 0.29) is 30.2 Å². The van der Waals surface area contributed by atoms with Gasteiger partial charge in [0.2, 0.25) is 11.8 Å². The smallest absolute Gasteiger partial charge is 0.255 e. The molecular formula is C23H29N3O4. The minimum absolute atomic E-state index is 0.142. The number of nitrogens with zero attached hydrogens (tertiary/aromatic N) is 2. The lowest BCUT2D eigenvalue weighted by molar-refractivity contribution is -0.136. The molecular weight excluding hydrogens is 382 g/mol. The topological polar surface area (TPSA) is 79.0 Å². The van der Waals surface area contributed by atoms with Gasteiger partial charge in [0.1, 0.15) is 17.9 Å². The quantitative estimate of drug-likeness (QED) is 0.768. The minimum atomic E-state index is -0.580. The summed E-state index contributed by atoms with van der Waals surface area (Å²) in [6.45, 7) is 4.99. The van der Waals surface area contributed by atoms with Crippen molar-refractivity contribution in [2.75, 3.05) is 13.1 Å². The van der Waals surface area contributed by atoms with Crippen LogP contribution in [-0.4, -0.2) is 58.8 Å². The molecule has 0 aromatic heterocycles. The van der Waals surface area contributed by atoms with Gasteiger partial charge in [-0.25, -0.2) is 0 Å². The zero-order valence-corrected chi connectivity index (χ0v) is 17.4. The molecule has 1 aromatic carbocycles. The molecule has 3 fully saturated rings. The summed E-state index contributed by atoms with van der Waals surface area (Å²) >= 11 is 0. The van der Waals surface area contributed by atoms with Gasteiger partial charge >= 0.3 is 0 Å². The van der Waals surface area contributed by atoms with Crippen LogP contribution in [-0.2, 0) is 16.1 Å². The number of amides is 3. The highest BCUT2D eigenvalue weighted by Crippen LogP contribution is 2.34. The average molecular weight is 412 g/mol. The van der Waals surface area contributed by atoms with Gasteiger partial charge < -0.3 is 9.64 Å². The van der Waals surface area contributed by atoms with Crippen molar-refractivity contribution in [3.63, 3.8) is 0 Å². The van der Waals surface area contributed by atoms with Gasteiger partial charge in [-0.05, 0) is 55.4 Å². The number of nitrogens with one attached hydrogen (secondary N) is 1. The van der Waals surface area contributed by atoms with E-state index in [0.29, 0.717) is 24.6 Å². The van der Waals surface area contributed by atoms with Crippen LogP contribution in [0.15, 0.2) is 18.2 Å². The van der Waals surface area contributed by atoms with E-state index < -0.39 is 6.04 Å². The van der Waals surface area contributed by atoms with E-state index in [1.165, 1.54) is 19.3 Å². The molecule has 1 saturated carbocycles. The van der Waals surface area contributed by atoms with Crippen LogP contribution in [0.25, 0.3) is 0 Å². The van der Waals surface area contributed by atoms with Crippen LogP contribution < -0.4 is 10.1 Å². The number of piperidine rings is 1. The van der Waals surface area contributed by atoms with Gasteiger partial charge in [-0.15, -0.1) is 0 Å². The van der Waals surface area contributed by atoms with Crippen molar-refractivity contribution in [3.8, 4) is 5.75 Å². The Morgan fingerprint density at radius 3 is 2.63 bits per heavy atom. The number of hydrogen-bond donors (Lipinski definition) is 1. The Hall–Kier alpha value is -2.41. The van der Waals surface area contributed by atoms with Crippen molar-refractivity contribution >= 4 is 17.7 Å². The summed E-state index contributed by atoms with van der Waals surface area (Å²) < 4.78 is 6.44. The van der Waals surface area contributed by atoms with E-state index in [1.54, 1.807) is 4.90 Å². The third-order valence-electron chi connectivity index (χ3n) is 7.01. The summed E-state index contributed by atoms with van der Waals surface area (Å²) in [6.07, 6.45) is 5.53. The molecule has 5 rings (SSSR count). The Labute approximate surface area is 176 Å². The van der Waals surface area contributed by atoms with E-state index in [1.807, 2.05) is 18.2 Å². The number of likely N-dealkylation sites (tertiary alicyclic amines) is 1. The first kappa shape index (κ1) is 19.5. The number of imide groups is 1. The van der Waals surface area contributed by atoms with Gasteiger partial charge in [0.15, 0.2) is 0 Å². The molecule has 1 aromatic rings. The zero-order chi connectivity index (χ0) is 20.8. The number of rotatable bonds is 4. The van der Waals surface area contributed by atoms with Crippen molar-refractivity contribution in [2.24, 2.45) is 5.92 Å². The predicted octanol–water partition coefficient (Wildman–Crippen LogP) is 2.09. The van der Waals surface area contributed by atoms with Crippen molar-refractivity contribution in [3.05, 3.63) is 29.3 Å². The van der Waals surface area contributed by atoms with Gasteiger partial charge in [0.25, 0.3) is 5.91 Å². The van der Waals surface area contributed by atoms with Gasteiger partial charge in [-0.3, -0.25) is 24.6 Å². The summed E-state index contributed by atoms with van der Waals surface area (Å²) in [5.74, 6) is 0.789. The molecule has 0 spiro atoms. The highest BCUT2D eigenvalue weighted by molar-refractivity contribution is 6.05. The largest absolute Gasteiger partial charge is 0.489 e. The van der Waals surface area contributed by atoms with Crippen LogP contribution in [0.5, 0.6) is 5.75 Å². The van der Waals surface area contributed by atoms with Crippen LogP contribution in [0.3, 0.4) is 0 Å². The maximum atomic E-state index is 12.9. The zero-order valence-electron chi connectivity index (χ0n) is 17.4. The molecule has 2 saturated heterocycles. The number of carbonyl (C=O) groups is 3. The van der Waals surface area contributed by atoms with Crippen LogP contribution in [0, 0.1) is 5.92 Å². The Balaban J connectivity index is 1.29. The first-order valence-corrected chi connectivity index (χ1v) is 11.2. The highest BCUT2D eigenvalue weighted by atomic mass is 16.5. The van der Waals surface area contributed by atoms with Gasteiger partial charge in [-0.2, -0.15) is 0 Å². The van der Waals surface area contributed by atoms with Crippen LogP contribution >= 0.6 is 0 Å². The molecule has 4 aliphatic rings. The highest BCUT2D eigenvalue weighted by Gasteiger charge is 2.40. The fourth-order valence-corrected chi connectivity index (χ4v) is 5.45. The average Bonchev–Trinajstić information content (AvgIpc) is 3.02. The number of carbonyl (C=O) groups excluding carboxylic acids is 3. The number of benzene rings is 1. The summed E-state index contributed by atoms with van der Waals surface area (Å²) in [4.78, 5) is 40.6. The SMILES string of the molecule is CC1CN([C@H]2CCCC[C@@H]2Oc2ccc3c(c2)CN(C2CCC(=O)NC2=O)C3=O)C1. The van der Waals surface area contributed by atoms with Crippen molar-refractivity contribution < 1.29 is 19.1 Å². The lowest BCUT2D eigenvalue weighted by atomic mass is 9.87. The molecule has 1 aliphatic carbocycles. The molecule has 30 heavy (non-hydrogen) atoms. The molecule has 3 amide bonds. The molecule has 7 nitrogen and oxygen atoms in total. The standard InChI is InChI=1S/C23H29N3O4/c1-14-11-25(12-14)18-4-2-3-5-20(18)30-16-6-7-17-15(10-16)13-26(23(17)29)19-8-9-21(27)24-22(19)28/h6-7,10,14,18-20H,2-5,8-9,11-13H2,1H3,(H,24,27,28)/t18-,19?,20-/m0/s1. The van der Waals surface area contributed by atoms with Crippen molar-refractivity contribution in [1.29, 1.82) is 0 Å². The number of ether oxygens (including phenoxy) is 1. The molecule has 3 aliphatic heterocycles. The summed E-state index contributed by atoms with van der Waals surface area (Å²) in [5, 5.41) is 2.35. The fourth-order valence-electron chi connectivity index (χ4n) is 5.45. The maximum Gasteiger partial charge on any atom is 0.255 e. The van der Waals surface area contributed by atoms with E-state index >= 15 is 0 Å². The summed E-state index contributed by atoms with van der Waals surface area (Å²) in [6, 6.07) is 5.56. The second-order valence-electron chi connectivity index (χ2n) is 9.29. The minimum Gasteiger partial charge on any atom is -0.489 e. The number of hydrogen-bond acceptors (Lipinski definition) is 5. The van der Waals surface area contributed by atoms with Crippen molar-refractivity contribution in [2.45, 2.75) is 70.2 Å². The molecule has 160 valence electrons. The second-order valence-corrected chi connectivity index (χ2v) is 9.29. The van der Waals surface area contributed by atoms with Crippen molar-refractivity contribution in [1.82, 2.24) is 15.1 Å². The molecule has 1 N–H and O–H groups in total. The van der Waals surface area contributed by atoms with E-state index in [9.17, 15) is 14.4 Å². The molecule has 0 bridgehead atoms. The normalized spacial score (nSPS) is 30.1. The molecule has 3 heterocycles. The van der Waals surface area contributed by atoms with Crippen LogP contribution in [0.2, 0.25) is 0 Å². The molecule has 1 unspecified atom stereocenters. The maximum absolute atomic E-state index is 12.9. The van der Waals surface area contributed by atoms with Gasteiger partial charge in [0.05, 0.1) is 0 Å². The third kappa shape index (κ3) is 3.49. The fraction of sp³-hybridized carbons (Fsp3) is 0.609. The Morgan fingerprint density at radius 2 is 1.87 bits per heavy atom. The van der Waals surface area contributed by atoms with Crippen LogP contribution in [0.1, 0.15) is 61.4 Å². The Kier molecular flexibility index (Phi) is 5.01. The Morgan fingerprint density at radius 1 is 1.07 bits per heavy atom. The third-order valence-corrected chi connectivity index (χ3v) is 7.01.